The Morgan fingerprint density at radius 3 is 2.60 bits per heavy atom. The maximum Gasteiger partial charge on any atom is 0.319 e. The van der Waals surface area contributed by atoms with Crippen molar-refractivity contribution in [2.24, 2.45) is 0 Å². The highest BCUT2D eigenvalue weighted by atomic mass is 16.5. The molecule has 8 nitrogen and oxygen atoms in total. The lowest BCUT2D eigenvalue weighted by Gasteiger charge is -2.11. The van der Waals surface area contributed by atoms with Gasteiger partial charge in [-0.05, 0) is 36.0 Å². The highest BCUT2D eigenvalue weighted by molar-refractivity contribution is 5.68. The Balaban J connectivity index is 1.59. The van der Waals surface area contributed by atoms with E-state index >= 15 is 0 Å². The minimum absolute atomic E-state index is 0.248. The molecule has 3 heterocycles. The molecule has 0 N–H and O–H groups in total. The molecule has 1 unspecified atom stereocenters. The van der Waals surface area contributed by atoms with Gasteiger partial charge in [0, 0.05) is 24.2 Å². The SMILES string of the molecule is COc1ncc(-c2cc(C3C[C@@H]3c3ccccc3OC)c3nccn3n2)c(OC)n1. The molecule has 0 saturated heterocycles. The van der Waals surface area contributed by atoms with Crippen molar-refractivity contribution in [2.45, 2.75) is 18.3 Å². The van der Waals surface area contributed by atoms with Gasteiger partial charge >= 0.3 is 6.01 Å². The van der Waals surface area contributed by atoms with Crippen molar-refractivity contribution in [1.82, 2.24) is 24.6 Å². The first-order chi connectivity index (χ1) is 14.7. The highest BCUT2D eigenvalue weighted by Gasteiger charge is 2.42. The topological polar surface area (TPSA) is 83.7 Å². The quantitative estimate of drug-likeness (QED) is 0.487. The Kier molecular flexibility index (Phi) is 4.46. The van der Waals surface area contributed by atoms with Gasteiger partial charge in [-0.15, -0.1) is 0 Å². The van der Waals surface area contributed by atoms with Gasteiger partial charge in [-0.3, -0.25) is 0 Å². The molecule has 5 rings (SSSR count). The Morgan fingerprint density at radius 2 is 1.80 bits per heavy atom. The minimum atomic E-state index is 0.248. The van der Waals surface area contributed by atoms with Crippen LogP contribution >= 0.6 is 0 Å². The van der Waals surface area contributed by atoms with Gasteiger partial charge in [0.25, 0.3) is 0 Å². The van der Waals surface area contributed by atoms with E-state index < -0.39 is 0 Å². The van der Waals surface area contributed by atoms with E-state index in [1.165, 1.54) is 12.7 Å². The van der Waals surface area contributed by atoms with Gasteiger partial charge in [-0.1, -0.05) is 18.2 Å². The van der Waals surface area contributed by atoms with E-state index in [9.17, 15) is 0 Å². The van der Waals surface area contributed by atoms with Crippen LogP contribution in [0.3, 0.4) is 0 Å². The summed E-state index contributed by atoms with van der Waals surface area (Å²) in [5, 5.41) is 4.70. The summed E-state index contributed by atoms with van der Waals surface area (Å²) in [6, 6.07) is 10.5. The number of nitrogens with zero attached hydrogens (tertiary/aromatic N) is 5. The number of hydrogen-bond acceptors (Lipinski definition) is 7. The average molecular weight is 403 g/mol. The van der Waals surface area contributed by atoms with E-state index in [1.807, 2.05) is 18.3 Å². The van der Waals surface area contributed by atoms with E-state index in [4.69, 9.17) is 19.3 Å². The Hall–Kier alpha value is -3.68. The van der Waals surface area contributed by atoms with Crippen LogP contribution in [0.1, 0.15) is 29.4 Å². The van der Waals surface area contributed by atoms with Crippen molar-refractivity contribution in [3.8, 4) is 28.9 Å². The van der Waals surface area contributed by atoms with Crippen LogP contribution in [0.4, 0.5) is 0 Å². The molecule has 0 bridgehead atoms. The first-order valence-corrected chi connectivity index (χ1v) is 9.66. The molecule has 30 heavy (non-hydrogen) atoms. The van der Waals surface area contributed by atoms with Crippen LogP contribution in [0, 0.1) is 0 Å². The lowest BCUT2D eigenvalue weighted by atomic mass is 10.0. The van der Waals surface area contributed by atoms with Crippen molar-refractivity contribution < 1.29 is 14.2 Å². The smallest absolute Gasteiger partial charge is 0.319 e. The monoisotopic (exact) mass is 403 g/mol. The second kappa shape index (κ2) is 7.29. The molecule has 4 aromatic rings. The first-order valence-electron chi connectivity index (χ1n) is 9.66. The summed E-state index contributed by atoms with van der Waals surface area (Å²) in [7, 11) is 4.80. The third-order valence-electron chi connectivity index (χ3n) is 5.50. The number of methoxy groups -OCH3 is 3. The number of imidazole rings is 1. The molecule has 8 heteroatoms. The number of benzene rings is 1. The molecular formula is C22H21N5O3. The van der Waals surface area contributed by atoms with Crippen molar-refractivity contribution in [2.75, 3.05) is 21.3 Å². The van der Waals surface area contributed by atoms with Crippen molar-refractivity contribution in [3.63, 3.8) is 0 Å². The molecule has 1 aliphatic rings. The fraction of sp³-hybridized carbons (Fsp3) is 0.273. The predicted molar refractivity (Wildman–Crippen MR) is 110 cm³/mol. The van der Waals surface area contributed by atoms with Crippen LogP contribution < -0.4 is 14.2 Å². The zero-order chi connectivity index (χ0) is 20.7. The van der Waals surface area contributed by atoms with Crippen LogP contribution in [-0.4, -0.2) is 45.9 Å². The van der Waals surface area contributed by atoms with Crippen molar-refractivity contribution >= 4 is 5.65 Å². The summed E-state index contributed by atoms with van der Waals surface area (Å²) >= 11 is 0. The molecule has 0 spiro atoms. The van der Waals surface area contributed by atoms with E-state index in [1.54, 1.807) is 31.1 Å². The number of fused-ring (bicyclic) bond motifs is 1. The summed E-state index contributed by atoms with van der Waals surface area (Å²) in [5.74, 6) is 2.05. The zero-order valence-electron chi connectivity index (χ0n) is 16.9. The van der Waals surface area contributed by atoms with Gasteiger partial charge in [0.1, 0.15) is 5.75 Å². The van der Waals surface area contributed by atoms with E-state index in [-0.39, 0.29) is 6.01 Å². The molecule has 1 fully saturated rings. The maximum absolute atomic E-state index is 5.57. The van der Waals surface area contributed by atoms with Crippen molar-refractivity contribution in [1.29, 1.82) is 0 Å². The molecular weight excluding hydrogens is 382 g/mol. The lowest BCUT2D eigenvalue weighted by molar-refractivity contribution is 0.353. The molecule has 1 aliphatic carbocycles. The fourth-order valence-corrected chi connectivity index (χ4v) is 3.98. The largest absolute Gasteiger partial charge is 0.496 e. The van der Waals surface area contributed by atoms with Gasteiger partial charge in [0.05, 0.1) is 32.6 Å². The summed E-state index contributed by atoms with van der Waals surface area (Å²) in [4.78, 5) is 13.1. The first kappa shape index (κ1) is 18.4. The minimum Gasteiger partial charge on any atom is -0.496 e. The lowest BCUT2D eigenvalue weighted by Crippen LogP contribution is -2.02. The maximum atomic E-state index is 5.57. The van der Waals surface area contributed by atoms with E-state index in [0.717, 1.165) is 29.1 Å². The molecule has 0 aliphatic heterocycles. The van der Waals surface area contributed by atoms with E-state index in [0.29, 0.717) is 23.3 Å². The molecule has 152 valence electrons. The fourth-order valence-electron chi connectivity index (χ4n) is 3.98. The number of para-hydroxylation sites is 1. The number of hydrogen-bond donors (Lipinski definition) is 0. The van der Waals surface area contributed by atoms with Crippen LogP contribution in [0.2, 0.25) is 0 Å². The standard InChI is InChI=1S/C22H21N5O3/c1-28-19-7-5-4-6-13(19)14-10-15(14)16-11-18(26-27-9-8-23-20(16)27)17-12-24-22(30-3)25-21(17)29-2/h4-9,11-12,14-15H,10H2,1-3H3/t14-,15?/m1/s1. The highest BCUT2D eigenvalue weighted by Crippen LogP contribution is 2.57. The second-order valence-corrected chi connectivity index (χ2v) is 7.15. The third kappa shape index (κ3) is 3.01. The van der Waals surface area contributed by atoms with Crippen LogP contribution in [-0.2, 0) is 0 Å². The van der Waals surface area contributed by atoms with Gasteiger partial charge in [-0.25, -0.2) is 14.5 Å². The second-order valence-electron chi connectivity index (χ2n) is 7.15. The molecule has 1 aromatic carbocycles. The zero-order valence-corrected chi connectivity index (χ0v) is 16.9. The Labute approximate surface area is 173 Å². The summed E-state index contributed by atoms with van der Waals surface area (Å²) in [6.45, 7) is 0. The Morgan fingerprint density at radius 1 is 0.967 bits per heavy atom. The number of rotatable bonds is 6. The predicted octanol–water partition coefficient (Wildman–Crippen LogP) is 3.48. The molecule has 0 radical (unpaired) electrons. The van der Waals surface area contributed by atoms with Crippen LogP contribution in [0.25, 0.3) is 16.9 Å². The van der Waals surface area contributed by atoms with Crippen molar-refractivity contribution in [3.05, 3.63) is 60.0 Å². The summed E-state index contributed by atoms with van der Waals surface area (Å²) in [5.41, 5.74) is 4.64. The molecule has 3 aromatic heterocycles. The molecule has 0 amide bonds. The van der Waals surface area contributed by atoms with Gasteiger partial charge in [-0.2, -0.15) is 10.1 Å². The van der Waals surface area contributed by atoms with Gasteiger partial charge < -0.3 is 14.2 Å². The summed E-state index contributed by atoms with van der Waals surface area (Å²) in [6.07, 6.45) is 6.31. The van der Waals surface area contributed by atoms with Gasteiger partial charge in [0.2, 0.25) is 5.88 Å². The van der Waals surface area contributed by atoms with E-state index in [2.05, 4.69) is 33.2 Å². The molecule has 1 saturated carbocycles. The normalized spacial score (nSPS) is 17.7. The average Bonchev–Trinajstić information content (AvgIpc) is 3.45. The van der Waals surface area contributed by atoms with Gasteiger partial charge in [0.15, 0.2) is 5.65 Å². The number of aromatic nitrogens is 5. The molecule has 2 atom stereocenters. The summed E-state index contributed by atoms with van der Waals surface area (Å²) < 4.78 is 17.9. The third-order valence-corrected chi connectivity index (χ3v) is 5.50. The van der Waals surface area contributed by atoms with Crippen LogP contribution in [0.15, 0.2) is 48.9 Å². The number of ether oxygens (including phenoxy) is 3. The Bertz CT molecular complexity index is 1220. The van der Waals surface area contributed by atoms with Crippen LogP contribution in [0.5, 0.6) is 17.6 Å².